The lowest BCUT2D eigenvalue weighted by Crippen LogP contribution is -2.29. The van der Waals surface area contributed by atoms with Crippen molar-refractivity contribution < 1.29 is 19.1 Å². The second-order valence-electron chi connectivity index (χ2n) is 7.46. The molecule has 146 valence electrons. The van der Waals surface area contributed by atoms with Gasteiger partial charge in [0.05, 0.1) is 5.41 Å². The molecular weight excluding hydrogens is 328 g/mol. The Morgan fingerprint density at radius 2 is 1.42 bits per heavy atom. The van der Waals surface area contributed by atoms with E-state index >= 15 is 0 Å². The van der Waals surface area contributed by atoms with Gasteiger partial charge in [0, 0.05) is 6.42 Å². The number of esters is 2. The van der Waals surface area contributed by atoms with Crippen molar-refractivity contribution in [2.45, 2.75) is 85.5 Å². The Morgan fingerprint density at radius 1 is 0.846 bits per heavy atom. The summed E-state index contributed by atoms with van der Waals surface area (Å²) in [7, 11) is 0. The number of hydrogen-bond donors (Lipinski definition) is 0. The molecule has 0 heterocycles. The third kappa shape index (κ3) is 8.03. The molecule has 0 bridgehead atoms. The summed E-state index contributed by atoms with van der Waals surface area (Å²) in [6, 6.07) is 6.87. The van der Waals surface area contributed by atoms with Crippen molar-refractivity contribution in [1.29, 1.82) is 0 Å². The standard InChI is InChI=1S/C22H34O4/c1-5-7-9-10-16-20(23)25-18-14-11-12-15-19(18)26-21(24)22(3,4)17-13-8-6-2/h11-12,14-15H,5-10,13,16-17H2,1-4H3. The van der Waals surface area contributed by atoms with Crippen molar-refractivity contribution in [2.75, 3.05) is 0 Å². The maximum atomic E-state index is 12.5. The van der Waals surface area contributed by atoms with E-state index in [2.05, 4.69) is 13.8 Å². The Kier molecular flexibility index (Phi) is 10.0. The molecule has 0 spiro atoms. The number of carbonyl (C=O) groups excluding carboxylic acids is 2. The van der Waals surface area contributed by atoms with Gasteiger partial charge >= 0.3 is 11.9 Å². The molecule has 4 heteroatoms. The van der Waals surface area contributed by atoms with Crippen LogP contribution < -0.4 is 9.47 Å². The smallest absolute Gasteiger partial charge is 0.317 e. The molecule has 0 saturated heterocycles. The molecule has 1 aromatic rings. The van der Waals surface area contributed by atoms with Gasteiger partial charge in [-0.15, -0.1) is 0 Å². The highest BCUT2D eigenvalue weighted by Gasteiger charge is 2.30. The molecule has 0 atom stereocenters. The van der Waals surface area contributed by atoms with Crippen LogP contribution in [0.25, 0.3) is 0 Å². The molecule has 0 aliphatic heterocycles. The first-order valence-corrected chi connectivity index (χ1v) is 9.92. The van der Waals surface area contributed by atoms with Crippen molar-refractivity contribution in [1.82, 2.24) is 0 Å². The van der Waals surface area contributed by atoms with E-state index in [-0.39, 0.29) is 11.9 Å². The van der Waals surface area contributed by atoms with Crippen LogP contribution in [0, 0.1) is 5.41 Å². The Labute approximate surface area is 158 Å². The van der Waals surface area contributed by atoms with Crippen molar-refractivity contribution in [3.05, 3.63) is 24.3 Å². The molecule has 0 aliphatic rings. The van der Waals surface area contributed by atoms with Crippen LogP contribution in [-0.4, -0.2) is 11.9 Å². The van der Waals surface area contributed by atoms with E-state index in [9.17, 15) is 9.59 Å². The van der Waals surface area contributed by atoms with Gasteiger partial charge in [-0.25, -0.2) is 0 Å². The topological polar surface area (TPSA) is 52.6 Å². The minimum atomic E-state index is -0.563. The van der Waals surface area contributed by atoms with Crippen molar-refractivity contribution in [2.24, 2.45) is 5.41 Å². The minimum absolute atomic E-state index is 0.285. The number of carbonyl (C=O) groups is 2. The summed E-state index contributed by atoms with van der Waals surface area (Å²) in [6.07, 6.45) is 8.45. The van der Waals surface area contributed by atoms with E-state index in [4.69, 9.17) is 9.47 Å². The zero-order valence-corrected chi connectivity index (χ0v) is 16.8. The van der Waals surface area contributed by atoms with Gasteiger partial charge < -0.3 is 9.47 Å². The van der Waals surface area contributed by atoms with Crippen LogP contribution in [0.1, 0.15) is 85.5 Å². The van der Waals surface area contributed by atoms with E-state index < -0.39 is 5.41 Å². The molecule has 0 aliphatic carbocycles. The molecule has 0 N–H and O–H groups in total. The maximum Gasteiger partial charge on any atom is 0.317 e. The summed E-state index contributed by atoms with van der Waals surface area (Å²) in [6.45, 7) is 8.06. The van der Waals surface area contributed by atoms with Crippen LogP contribution in [0.4, 0.5) is 0 Å². The van der Waals surface area contributed by atoms with E-state index in [0.29, 0.717) is 17.9 Å². The first-order chi connectivity index (χ1) is 12.4. The molecule has 0 saturated carbocycles. The summed E-state index contributed by atoms with van der Waals surface area (Å²) in [4.78, 5) is 24.6. The van der Waals surface area contributed by atoms with E-state index in [1.54, 1.807) is 24.3 Å². The van der Waals surface area contributed by atoms with Crippen LogP contribution >= 0.6 is 0 Å². The quantitative estimate of drug-likeness (QED) is 0.257. The molecule has 4 nitrogen and oxygen atoms in total. The zero-order valence-electron chi connectivity index (χ0n) is 16.8. The Morgan fingerprint density at radius 3 is 2.04 bits per heavy atom. The van der Waals surface area contributed by atoms with Gasteiger partial charge in [-0.05, 0) is 38.8 Å². The van der Waals surface area contributed by atoms with E-state index in [0.717, 1.165) is 51.4 Å². The predicted molar refractivity (Wildman–Crippen MR) is 104 cm³/mol. The lowest BCUT2D eigenvalue weighted by molar-refractivity contribution is -0.145. The van der Waals surface area contributed by atoms with Crippen molar-refractivity contribution in [3.8, 4) is 11.5 Å². The monoisotopic (exact) mass is 362 g/mol. The molecule has 0 fully saturated rings. The molecule has 0 radical (unpaired) electrons. The highest BCUT2D eigenvalue weighted by molar-refractivity contribution is 5.79. The van der Waals surface area contributed by atoms with Gasteiger partial charge in [0.1, 0.15) is 0 Å². The fourth-order valence-electron chi connectivity index (χ4n) is 2.65. The summed E-state index contributed by atoms with van der Waals surface area (Å²) >= 11 is 0. The third-order valence-electron chi connectivity index (χ3n) is 4.47. The highest BCUT2D eigenvalue weighted by Crippen LogP contribution is 2.31. The molecule has 0 unspecified atom stereocenters. The maximum absolute atomic E-state index is 12.5. The summed E-state index contributed by atoms with van der Waals surface area (Å²) in [5, 5.41) is 0. The zero-order chi connectivity index (χ0) is 19.4. The van der Waals surface area contributed by atoms with Crippen LogP contribution in [0.5, 0.6) is 11.5 Å². The fraction of sp³-hybridized carbons (Fsp3) is 0.636. The van der Waals surface area contributed by atoms with Crippen LogP contribution in [-0.2, 0) is 9.59 Å². The largest absolute Gasteiger partial charge is 0.423 e. The molecule has 0 amide bonds. The van der Waals surface area contributed by atoms with E-state index in [1.165, 1.54) is 0 Å². The first-order valence-electron chi connectivity index (χ1n) is 9.92. The van der Waals surface area contributed by atoms with Gasteiger partial charge in [-0.3, -0.25) is 9.59 Å². The van der Waals surface area contributed by atoms with Gasteiger partial charge in [-0.2, -0.15) is 0 Å². The predicted octanol–water partition coefficient (Wildman–Crippen LogP) is 6.07. The number of hydrogen-bond acceptors (Lipinski definition) is 4. The number of para-hydroxylation sites is 2. The molecule has 26 heavy (non-hydrogen) atoms. The number of unbranched alkanes of at least 4 members (excludes halogenated alkanes) is 5. The van der Waals surface area contributed by atoms with Crippen molar-refractivity contribution >= 4 is 11.9 Å². The Hall–Kier alpha value is -1.84. The lowest BCUT2D eigenvalue weighted by atomic mass is 9.87. The summed E-state index contributed by atoms with van der Waals surface area (Å²) in [5.41, 5.74) is -0.563. The number of ether oxygens (including phenoxy) is 2. The van der Waals surface area contributed by atoms with Crippen LogP contribution in [0.3, 0.4) is 0 Å². The second-order valence-corrected chi connectivity index (χ2v) is 7.46. The summed E-state index contributed by atoms with van der Waals surface area (Å²) < 4.78 is 11.0. The van der Waals surface area contributed by atoms with Gasteiger partial charge in [-0.1, -0.05) is 64.5 Å². The second kappa shape index (κ2) is 11.7. The normalized spacial score (nSPS) is 11.2. The number of benzene rings is 1. The Bertz CT molecular complexity index is 563. The van der Waals surface area contributed by atoms with Crippen LogP contribution in [0.2, 0.25) is 0 Å². The molecular formula is C22H34O4. The molecule has 1 rings (SSSR count). The van der Waals surface area contributed by atoms with E-state index in [1.807, 2.05) is 13.8 Å². The average Bonchev–Trinajstić information content (AvgIpc) is 2.60. The van der Waals surface area contributed by atoms with Gasteiger partial charge in [0.15, 0.2) is 11.5 Å². The summed E-state index contributed by atoms with van der Waals surface area (Å²) in [5.74, 6) is 0.0422. The van der Waals surface area contributed by atoms with Gasteiger partial charge in [0.25, 0.3) is 0 Å². The minimum Gasteiger partial charge on any atom is -0.423 e. The average molecular weight is 363 g/mol. The SMILES string of the molecule is CCCCCCC(=O)Oc1ccccc1OC(=O)C(C)(C)CCCCC. The lowest BCUT2D eigenvalue weighted by Gasteiger charge is -2.22. The first kappa shape index (κ1) is 22.2. The molecule has 1 aromatic carbocycles. The molecule has 0 aromatic heterocycles. The highest BCUT2D eigenvalue weighted by atomic mass is 16.6. The fourth-order valence-corrected chi connectivity index (χ4v) is 2.65. The third-order valence-corrected chi connectivity index (χ3v) is 4.47. The van der Waals surface area contributed by atoms with Crippen molar-refractivity contribution in [3.63, 3.8) is 0 Å². The van der Waals surface area contributed by atoms with Crippen LogP contribution in [0.15, 0.2) is 24.3 Å². The Balaban J connectivity index is 2.65. The van der Waals surface area contributed by atoms with Gasteiger partial charge in [0.2, 0.25) is 0 Å². The number of rotatable bonds is 12.